The smallest absolute Gasteiger partial charge is 0.123 e. The summed E-state index contributed by atoms with van der Waals surface area (Å²) in [5.41, 5.74) is 1.12. The van der Waals surface area contributed by atoms with E-state index in [9.17, 15) is 4.39 Å². The van der Waals surface area contributed by atoms with Gasteiger partial charge in [-0.2, -0.15) is 11.8 Å². The van der Waals surface area contributed by atoms with Crippen LogP contribution in [0.3, 0.4) is 0 Å². The lowest BCUT2D eigenvalue weighted by atomic mass is 9.94. The first-order chi connectivity index (χ1) is 8.63. The zero-order chi connectivity index (χ0) is 13.4. The quantitative estimate of drug-likeness (QED) is 0.715. The predicted molar refractivity (Wildman–Crippen MR) is 79.9 cm³/mol. The van der Waals surface area contributed by atoms with Gasteiger partial charge in [0.15, 0.2) is 0 Å². The van der Waals surface area contributed by atoms with Crippen LogP contribution in [0.15, 0.2) is 24.3 Å². The van der Waals surface area contributed by atoms with Crippen LogP contribution in [0.2, 0.25) is 0 Å². The van der Waals surface area contributed by atoms with Crippen molar-refractivity contribution in [3.05, 3.63) is 35.6 Å². The van der Waals surface area contributed by atoms with Crippen LogP contribution in [0.25, 0.3) is 0 Å². The molecule has 102 valence electrons. The van der Waals surface area contributed by atoms with Crippen molar-refractivity contribution in [2.75, 3.05) is 18.6 Å². The second-order valence-electron chi connectivity index (χ2n) is 4.95. The maximum Gasteiger partial charge on any atom is 0.123 e. The molecule has 0 saturated carbocycles. The number of benzene rings is 1. The van der Waals surface area contributed by atoms with E-state index in [1.807, 2.05) is 23.9 Å². The second-order valence-corrected chi connectivity index (χ2v) is 5.94. The molecular formula is C15H24FNS. The summed E-state index contributed by atoms with van der Waals surface area (Å²) in [6, 6.07) is 7.50. The van der Waals surface area contributed by atoms with Gasteiger partial charge in [0, 0.05) is 12.6 Å². The molecule has 0 aliphatic heterocycles. The van der Waals surface area contributed by atoms with Crippen LogP contribution in [0.1, 0.15) is 38.2 Å². The average molecular weight is 269 g/mol. The molecule has 3 heteroatoms. The van der Waals surface area contributed by atoms with Crippen molar-refractivity contribution >= 4 is 11.8 Å². The van der Waals surface area contributed by atoms with Crippen LogP contribution < -0.4 is 5.32 Å². The molecule has 0 aliphatic rings. The zero-order valence-electron chi connectivity index (χ0n) is 11.6. The van der Waals surface area contributed by atoms with Gasteiger partial charge in [-0.3, -0.25) is 0 Å². The minimum Gasteiger partial charge on any atom is -0.314 e. The van der Waals surface area contributed by atoms with Gasteiger partial charge in [0.25, 0.3) is 0 Å². The van der Waals surface area contributed by atoms with Crippen molar-refractivity contribution in [3.63, 3.8) is 0 Å². The lowest BCUT2D eigenvalue weighted by molar-refractivity contribution is 0.503. The maximum atomic E-state index is 13.3. The molecule has 18 heavy (non-hydrogen) atoms. The van der Waals surface area contributed by atoms with Gasteiger partial charge in [-0.15, -0.1) is 0 Å². The first-order valence-corrected chi connectivity index (χ1v) is 8.00. The molecule has 1 atom stereocenters. The number of nitrogens with one attached hydrogen (secondary N) is 1. The van der Waals surface area contributed by atoms with Gasteiger partial charge in [-0.1, -0.05) is 26.0 Å². The summed E-state index contributed by atoms with van der Waals surface area (Å²) >= 11 is 1.87. The highest BCUT2D eigenvalue weighted by Gasteiger charge is 2.12. The van der Waals surface area contributed by atoms with Crippen molar-refractivity contribution in [1.29, 1.82) is 0 Å². The van der Waals surface area contributed by atoms with Crippen molar-refractivity contribution in [2.24, 2.45) is 0 Å². The molecule has 0 saturated heterocycles. The lowest BCUT2D eigenvalue weighted by Gasteiger charge is -2.19. The summed E-state index contributed by atoms with van der Waals surface area (Å²) in [4.78, 5) is 0. The third kappa shape index (κ3) is 5.87. The van der Waals surface area contributed by atoms with Crippen molar-refractivity contribution in [3.8, 4) is 0 Å². The Morgan fingerprint density at radius 1 is 1.33 bits per heavy atom. The minimum absolute atomic E-state index is 0.132. The maximum absolute atomic E-state index is 13.3. The van der Waals surface area contributed by atoms with Gasteiger partial charge < -0.3 is 5.32 Å². The van der Waals surface area contributed by atoms with Crippen LogP contribution in [-0.4, -0.2) is 24.6 Å². The molecule has 0 spiro atoms. The first kappa shape index (κ1) is 15.5. The highest BCUT2D eigenvalue weighted by molar-refractivity contribution is 7.98. The third-order valence-electron chi connectivity index (χ3n) is 2.99. The van der Waals surface area contributed by atoms with Crippen molar-refractivity contribution in [1.82, 2.24) is 5.32 Å². The Balaban J connectivity index is 2.63. The van der Waals surface area contributed by atoms with Crippen LogP contribution in [0.4, 0.5) is 4.39 Å². The van der Waals surface area contributed by atoms with Crippen molar-refractivity contribution < 1.29 is 4.39 Å². The fourth-order valence-corrected chi connectivity index (χ4v) is 2.45. The van der Waals surface area contributed by atoms with Gasteiger partial charge in [0.2, 0.25) is 0 Å². The SMILES string of the molecule is CSCCCC(CNC(C)C)c1cccc(F)c1. The van der Waals surface area contributed by atoms with Crippen LogP contribution in [0, 0.1) is 5.82 Å². The van der Waals surface area contributed by atoms with E-state index in [0.29, 0.717) is 12.0 Å². The van der Waals surface area contributed by atoms with E-state index in [-0.39, 0.29) is 5.82 Å². The van der Waals surface area contributed by atoms with E-state index in [2.05, 4.69) is 25.4 Å². The minimum atomic E-state index is -0.132. The van der Waals surface area contributed by atoms with Crippen LogP contribution in [0.5, 0.6) is 0 Å². The summed E-state index contributed by atoms with van der Waals surface area (Å²) in [5, 5.41) is 3.46. The van der Waals surface area contributed by atoms with Gasteiger partial charge >= 0.3 is 0 Å². The van der Waals surface area contributed by atoms with E-state index < -0.39 is 0 Å². The van der Waals surface area contributed by atoms with E-state index in [0.717, 1.165) is 18.5 Å². The molecule has 0 bridgehead atoms. The third-order valence-corrected chi connectivity index (χ3v) is 3.69. The van der Waals surface area contributed by atoms with Gasteiger partial charge in [0.1, 0.15) is 5.82 Å². The molecule has 1 unspecified atom stereocenters. The molecular weight excluding hydrogens is 245 g/mol. The Hall–Kier alpha value is -0.540. The van der Waals surface area contributed by atoms with E-state index in [4.69, 9.17) is 0 Å². The molecule has 0 aromatic heterocycles. The molecule has 0 fully saturated rings. The summed E-state index contributed by atoms with van der Waals surface area (Å²) in [6.07, 6.45) is 4.43. The van der Waals surface area contributed by atoms with E-state index in [1.165, 1.54) is 18.2 Å². The van der Waals surface area contributed by atoms with Crippen LogP contribution in [-0.2, 0) is 0 Å². The first-order valence-electron chi connectivity index (χ1n) is 6.61. The molecule has 0 radical (unpaired) electrons. The fraction of sp³-hybridized carbons (Fsp3) is 0.600. The number of hydrogen-bond acceptors (Lipinski definition) is 2. The highest BCUT2D eigenvalue weighted by Crippen LogP contribution is 2.22. The standard InChI is InChI=1S/C15H24FNS/c1-12(2)17-11-14(7-5-9-18-3)13-6-4-8-15(16)10-13/h4,6,8,10,12,14,17H,5,7,9,11H2,1-3H3. The summed E-state index contributed by atoms with van der Waals surface area (Å²) in [7, 11) is 0. The normalized spacial score (nSPS) is 12.9. The number of hydrogen-bond donors (Lipinski definition) is 1. The number of rotatable bonds is 8. The molecule has 0 heterocycles. The van der Waals surface area contributed by atoms with Gasteiger partial charge in [0.05, 0.1) is 0 Å². The molecule has 0 aliphatic carbocycles. The summed E-state index contributed by atoms with van der Waals surface area (Å²) in [6.45, 7) is 5.21. The monoisotopic (exact) mass is 269 g/mol. The molecule has 1 rings (SSSR count). The Labute approximate surface area is 115 Å². The Kier molecular flexibility index (Phi) is 7.36. The Bertz CT molecular complexity index is 341. The molecule has 1 nitrogen and oxygen atoms in total. The number of thioether (sulfide) groups is 1. The number of halogens is 1. The molecule has 1 aromatic rings. The predicted octanol–water partition coefficient (Wildman–Crippen LogP) is 4.05. The molecule has 1 N–H and O–H groups in total. The second kappa shape index (κ2) is 8.54. The van der Waals surface area contributed by atoms with E-state index in [1.54, 1.807) is 6.07 Å². The highest BCUT2D eigenvalue weighted by atomic mass is 32.2. The van der Waals surface area contributed by atoms with Crippen LogP contribution >= 0.6 is 11.8 Å². The Morgan fingerprint density at radius 3 is 2.72 bits per heavy atom. The molecule has 1 aromatic carbocycles. The lowest BCUT2D eigenvalue weighted by Crippen LogP contribution is -2.28. The largest absolute Gasteiger partial charge is 0.314 e. The summed E-state index contributed by atoms with van der Waals surface area (Å²) in [5.74, 6) is 1.45. The van der Waals surface area contributed by atoms with E-state index >= 15 is 0 Å². The van der Waals surface area contributed by atoms with Gasteiger partial charge in [-0.05, 0) is 48.5 Å². The van der Waals surface area contributed by atoms with Gasteiger partial charge in [-0.25, -0.2) is 4.39 Å². The van der Waals surface area contributed by atoms with Crippen molar-refractivity contribution in [2.45, 2.75) is 38.6 Å². The topological polar surface area (TPSA) is 12.0 Å². The fourth-order valence-electron chi connectivity index (χ4n) is 2.00. The molecule has 0 amide bonds. The Morgan fingerprint density at radius 2 is 2.11 bits per heavy atom. The zero-order valence-corrected chi connectivity index (χ0v) is 12.4. The summed E-state index contributed by atoms with van der Waals surface area (Å²) < 4.78 is 13.3. The average Bonchev–Trinajstić information content (AvgIpc) is 2.33.